The van der Waals surface area contributed by atoms with Crippen LogP contribution in [0.15, 0.2) is 47.6 Å². The van der Waals surface area contributed by atoms with Gasteiger partial charge in [-0.2, -0.15) is 0 Å². The summed E-state index contributed by atoms with van der Waals surface area (Å²) in [6, 6.07) is 0. The SMILES string of the molecule is [Cl][Zr][CH2]CC(C1=CC=CC1)C1=CC=CC1. The van der Waals surface area contributed by atoms with Gasteiger partial charge in [0.15, 0.2) is 0 Å². The molecule has 0 atom stereocenters. The third-order valence-electron chi connectivity index (χ3n) is 3.02. The summed E-state index contributed by atoms with van der Waals surface area (Å²) >= 11 is -0.548. The fourth-order valence-corrected chi connectivity index (χ4v) is 3.88. The van der Waals surface area contributed by atoms with Gasteiger partial charge in [-0.25, -0.2) is 0 Å². The van der Waals surface area contributed by atoms with Crippen LogP contribution in [0.1, 0.15) is 19.3 Å². The molecule has 0 saturated heterocycles. The Hall–Kier alpha value is 0.133. The third-order valence-corrected chi connectivity index (χ3v) is 5.31. The second kappa shape index (κ2) is 6.01. The van der Waals surface area contributed by atoms with E-state index < -0.39 is 22.0 Å². The van der Waals surface area contributed by atoms with Crippen LogP contribution in [0.25, 0.3) is 0 Å². The fraction of sp³-hybridized carbons (Fsp3) is 0.385. The Morgan fingerprint density at radius 3 is 2.13 bits per heavy atom. The average Bonchev–Trinajstić information content (AvgIpc) is 2.90. The van der Waals surface area contributed by atoms with Gasteiger partial charge >= 0.3 is 107 Å². The van der Waals surface area contributed by atoms with Gasteiger partial charge in [-0.1, -0.05) is 0 Å². The molecule has 0 aromatic carbocycles. The molecule has 2 aliphatic carbocycles. The van der Waals surface area contributed by atoms with Gasteiger partial charge in [0.25, 0.3) is 0 Å². The van der Waals surface area contributed by atoms with Gasteiger partial charge in [0, 0.05) is 0 Å². The van der Waals surface area contributed by atoms with E-state index >= 15 is 0 Å². The molecule has 0 N–H and O–H groups in total. The summed E-state index contributed by atoms with van der Waals surface area (Å²) in [5.41, 5.74) is 3.18. The van der Waals surface area contributed by atoms with Crippen molar-refractivity contribution < 1.29 is 22.0 Å². The van der Waals surface area contributed by atoms with Gasteiger partial charge in [0.1, 0.15) is 0 Å². The second-order valence-corrected chi connectivity index (χ2v) is 7.44. The van der Waals surface area contributed by atoms with E-state index in [0.717, 1.165) is 12.8 Å². The van der Waals surface area contributed by atoms with E-state index in [-0.39, 0.29) is 0 Å². The quantitative estimate of drug-likeness (QED) is 0.705. The van der Waals surface area contributed by atoms with Gasteiger partial charge in [-0.3, -0.25) is 0 Å². The summed E-state index contributed by atoms with van der Waals surface area (Å²) in [5.74, 6) is 0.676. The van der Waals surface area contributed by atoms with E-state index in [9.17, 15) is 0 Å². The summed E-state index contributed by atoms with van der Waals surface area (Å²) in [6.07, 6.45) is 17.0. The molecule has 2 rings (SSSR count). The van der Waals surface area contributed by atoms with E-state index in [0.29, 0.717) is 5.92 Å². The van der Waals surface area contributed by atoms with Gasteiger partial charge in [0.05, 0.1) is 0 Å². The van der Waals surface area contributed by atoms with Crippen molar-refractivity contribution >= 4 is 8.51 Å². The molecular formula is C13H15ClZr. The maximum absolute atomic E-state index is 5.96. The van der Waals surface area contributed by atoms with Gasteiger partial charge in [0.2, 0.25) is 0 Å². The molecule has 0 heterocycles. The van der Waals surface area contributed by atoms with E-state index in [4.69, 9.17) is 8.51 Å². The topological polar surface area (TPSA) is 0 Å². The Morgan fingerprint density at radius 2 is 1.73 bits per heavy atom. The molecule has 2 heteroatoms. The number of halogens is 1. The molecule has 0 aliphatic heterocycles. The van der Waals surface area contributed by atoms with E-state index in [1.54, 1.807) is 11.1 Å². The molecule has 2 aliphatic rings. The van der Waals surface area contributed by atoms with Crippen LogP contribution in [0.2, 0.25) is 4.13 Å². The molecule has 78 valence electrons. The Bertz CT molecular complexity index is 306. The van der Waals surface area contributed by atoms with E-state index in [1.165, 1.54) is 10.5 Å². The normalized spacial score (nSPS) is 18.5. The van der Waals surface area contributed by atoms with Crippen molar-refractivity contribution in [1.82, 2.24) is 0 Å². The van der Waals surface area contributed by atoms with Crippen LogP contribution in [0, 0.1) is 5.92 Å². The molecule has 0 spiro atoms. The third kappa shape index (κ3) is 3.05. The zero-order valence-corrected chi connectivity index (χ0v) is 12.0. The number of hydrogen-bond acceptors (Lipinski definition) is 0. The zero-order valence-electron chi connectivity index (χ0n) is 8.75. The predicted octanol–water partition coefficient (Wildman–Crippen LogP) is 4.42. The van der Waals surface area contributed by atoms with Crippen LogP contribution in [0.3, 0.4) is 0 Å². The molecular weight excluding hydrogens is 283 g/mol. The van der Waals surface area contributed by atoms with E-state index in [1.807, 2.05) is 0 Å². The van der Waals surface area contributed by atoms with Crippen LogP contribution in [-0.4, -0.2) is 0 Å². The van der Waals surface area contributed by atoms with Crippen molar-refractivity contribution in [2.45, 2.75) is 23.4 Å². The van der Waals surface area contributed by atoms with Crippen LogP contribution in [0.4, 0.5) is 0 Å². The molecule has 0 radical (unpaired) electrons. The predicted molar refractivity (Wildman–Crippen MR) is 62.4 cm³/mol. The van der Waals surface area contributed by atoms with Gasteiger partial charge < -0.3 is 0 Å². The Labute approximate surface area is 107 Å². The van der Waals surface area contributed by atoms with Crippen molar-refractivity contribution in [3.63, 3.8) is 0 Å². The molecule has 0 amide bonds. The van der Waals surface area contributed by atoms with Gasteiger partial charge in [-0.05, 0) is 0 Å². The first kappa shape index (κ1) is 11.6. The number of rotatable bonds is 5. The molecule has 0 fully saturated rings. The van der Waals surface area contributed by atoms with Crippen molar-refractivity contribution in [1.29, 1.82) is 0 Å². The van der Waals surface area contributed by atoms with Crippen molar-refractivity contribution in [2.24, 2.45) is 5.92 Å². The first-order valence-corrected chi connectivity index (χ1v) is 10.4. The zero-order chi connectivity index (χ0) is 10.5. The summed E-state index contributed by atoms with van der Waals surface area (Å²) in [6.45, 7) is 0. The number of allylic oxidation sites excluding steroid dienone is 8. The Morgan fingerprint density at radius 1 is 1.13 bits per heavy atom. The standard InChI is InChI=1S/C13H15.ClH.Zr/c1-2-13(11-7-3-4-8-11)12-9-5-6-10-12;;/h3-7,9,13H,1-2,8,10H2;1H;/q;;+1/p-1. The average molecular weight is 298 g/mol. The minimum absolute atomic E-state index is 0.548. The van der Waals surface area contributed by atoms with Crippen LogP contribution < -0.4 is 0 Å². The van der Waals surface area contributed by atoms with Crippen molar-refractivity contribution in [3.05, 3.63) is 47.6 Å². The number of hydrogen-bond donors (Lipinski definition) is 0. The summed E-state index contributed by atoms with van der Waals surface area (Å²) in [7, 11) is 5.96. The van der Waals surface area contributed by atoms with Crippen molar-refractivity contribution in [3.8, 4) is 0 Å². The minimum atomic E-state index is -0.548. The molecule has 0 aromatic rings. The molecule has 0 nitrogen and oxygen atoms in total. The van der Waals surface area contributed by atoms with E-state index in [2.05, 4.69) is 36.5 Å². The van der Waals surface area contributed by atoms with Gasteiger partial charge in [-0.15, -0.1) is 0 Å². The first-order chi connectivity index (χ1) is 7.42. The molecule has 0 unspecified atom stereocenters. The molecule has 0 aromatic heterocycles. The molecule has 0 saturated carbocycles. The fourth-order valence-electron chi connectivity index (χ4n) is 2.25. The second-order valence-electron chi connectivity index (χ2n) is 3.97. The summed E-state index contributed by atoms with van der Waals surface area (Å²) in [5, 5.41) is 0. The monoisotopic (exact) mass is 296 g/mol. The molecule has 0 bridgehead atoms. The Kier molecular flexibility index (Phi) is 4.66. The first-order valence-electron chi connectivity index (χ1n) is 5.46. The summed E-state index contributed by atoms with van der Waals surface area (Å²) < 4.78 is 1.28. The summed E-state index contributed by atoms with van der Waals surface area (Å²) in [4.78, 5) is 0. The maximum atomic E-state index is 5.96. The van der Waals surface area contributed by atoms with Crippen molar-refractivity contribution in [2.75, 3.05) is 0 Å². The Balaban J connectivity index is 2.02. The van der Waals surface area contributed by atoms with Crippen LogP contribution in [0.5, 0.6) is 0 Å². The van der Waals surface area contributed by atoms with Crippen LogP contribution in [-0.2, 0) is 22.0 Å². The molecule has 15 heavy (non-hydrogen) atoms. The van der Waals surface area contributed by atoms with Crippen LogP contribution >= 0.6 is 8.51 Å².